The molecule has 0 bridgehead atoms. The summed E-state index contributed by atoms with van der Waals surface area (Å²) in [5.74, 6) is 0.824. The smallest absolute Gasteiger partial charge is 0.239 e. The largest absolute Gasteiger partial charge is 0.352 e. The molecule has 2 fully saturated rings. The van der Waals surface area contributed by atoms with Crippen molar-refractivity contribution in [1.29, 1.82) is 0 Å². The molecule has 0 aromatic heterocycles. The van der Waals surface area contributed by atoms with Crippen LogP contribution in [0.3, 0.4) is 0 Å². The van der Waals surface area contributed by atoms with E-state index in [1.807, 2.05) is 13.8 Å². The lowest BCUT2D eigenvalue weighted by molar-refractivity contribution is -0.124. The van der Waals surface area contributed by atoms with Crippen LogP contribution in [0.2, 0.25) is 0 Å². The molecule has 1 N–H and O–H groups in total. The number of sulfonamides is 1. The van der Waals surface area contributed by atoms with Gasteiger partial charge in [-0.1, -0.05) is 6.92 Å². The van der Waals surface area contributed by atoms with E-state index in [1.54, 1.807) is 0 Å². The second-order valence-electron chi connectivity index (χ2n) is 4.96. The molecule has 0 unspecified atom stereocenters. The van der Waals surface area contributed by atoms with E-state index < -0.39 is 16.1 Å². The predicted octanol–water partition coefficient (Wildman–Crippen LogP) is 0.768. The van der Waals surface area contributed by atoms with E-state index >= 15 is 0 Å². The number of hydrogen-bond acceptors (Lipinski definition) is 4. The van der Waals surface area contributed by atoms with E-state index in [-0.39, 0.29) is 17.2 Å². The topological polar surface area (TPSA) is 66.5 Å². The molecule has 1 saturated carbocycles. The minimum absolute atomic E-state index is 0.0913. The molecule has 0 spiro atoms. The Balaban J connectivity index is 2.05. The van der Waals surface area contributed by atoms with Gasteiger partial charge in [0, 0.05) is 11.8 Å². The van der Waals surface area contributed by atoms with Crippen LogP contribution < -0.4 is 5.32 Å². The summed E-state index contributed by atoms with van der Waals surface area (Å²) in [6.07, 6.45) is 2.33. The molecule has 1 aliphatic heterocycles. The number of carbonyl (C=O) groups is 1. The third-order valence-corrected chi connectivity index (χ3v) is 6.94. The predicted molar refractivity (Wildman–Crippen MR) is 72.8 cm³/mol. The SMILES string of the molecule is CC[C@H](C)NC(=O)[C@H]1CSCN1S(=O)(=O)C1CC1. The van der Waals surface area contributed by atoms with Gasteiger partial charge in [-0.05, 0) is 26.2 Å². The summed E-state index contributed by atoms with van der Waals surface area (Å²) in [6.45, 7) is 3.92. The number of nitrogens with one attached hydrogen (secondary N) is 1. The lowest BCUT2D eigenvalue weighted by Crippen LogP contribution is -2.50. The number of amides is 1. The minimum atomic E-state index is -3.25. The van der Waals surface area contributed by atoms with Gasteiger partial charge < -0.3 is 5.32 Å². The Bertz CT molecular complexity index is 420. The highest BCUT2D eigenvalue weighted by Gasteiger charge is 2.46. The second kappa shape index (κ2) is 5.38. The highest BCUT2D eigenvalue weighted by atomic mass is 32.2. The van der Waals surface area contributed by atoms with Crippen molar-refractivity contribution in [2.24, 2.45) is 0 Å². The van der Waals surface area contributed by atoms with Crippen LogP contribution in [-0.2, 0) is 14.8 Å². The van der Waals surface area contributed by atoms with Crippen LogP contribution in [0.4, 0.5) is 0 Å². The van der Waals surface area contributed by atoms with Crippen molar-refractivity contribution in [3.63, 3.8) is 0 Å². The Morgan fingerprint density at radius 3 is 2.72 bits per heavy atom. The van der Waals surface area contributed by atoms with E-state index in [4.69, 9.17) is 0 Å². The fourth-order valence-electron chi connectivity index (χ4n) is 1.88. The zero-order chi connectivity index (χ0) is 13.3. The van der Waals surface area contributed by atoms with Crippen molar-refractivity contribution in [2.75, 3.05) is 11.6 Å². The van der Waals surface area contributed by atoms with Gasteiger partial charge in [-0.3, -0.25) is 4.79 Å². The van der Waals surface area contributed by atoms with Gasteiger partial charge in [0.25, 0.3) is 0 Å². The highest BCUT2D eigenvalue weighted by Crippen LogP contribution is 2.35. The van der Waals surface area contributed by atoms with E-state index in [9.17, 15) is 13.2 Å². The molecule has 1 aliphatic carbocycles. The van der Waals surface area contributed by atoms with Gasteiger partial charge >= 0.3 is 0 Å². The van der Waals surface area contributed by atoms with Crippen molar-refractivity contribution < 1.29 is 13.2 Å². The molecule has 5 nitrogen and oxygen atoms in total. The molecule has 18 heavy (non-hydrogen) atoms. The van der Waals surface area contributed by atoms with Gasteiger partial charge in [0.15, 0.2) is 0 Å². The molecule has 1 heterocycles. The first-order chi connectivity index (χ1) is 8.46. The summed E-state index contributed by atoms with van der Waals surface area (Å²) < 4.78 is 25.8. The van der Waals surface area contributed by atoms with Gasteiger partial charge in [0.05, 0.1) is 11.1 Å². The molecule has 1 amide bonds. The first-order valence-electron chi connectivity index (χ1n) is 6.35. The molecule has 7 heteroatoms. The van der Waals surface area contributed by atoms with Crippen LogP contribution in [0.15, 0.2) is 0 Å². The van der Waals surface area contributed by atoms with Crippen molar-refractivity contribution in [3.05, 3.63) is 0 Å². The molecule has 2 rings (SSSR count). The first kappa shape index (κ1) is 14.1. The number of carbonyl (C=O) groups excluding carboxylic acids is 1. The summed E-state index contributed by atoms with van der Waals surface area (Å²) >= 11 is 1.51. The fraction of sp³-hybridized carbons (Fsp3) is 0.909. The molecule has 0 radical (unpaired) electrons. The molecule has 2 aliphatic rings. The summed E-state index contributed by atoms with van der Waals surface area (Å²) in [6, 6.07) is -0.428. The van der Waals surface area contributed by atoms with Crippen molar-refractivity contribution in [3.8, 4) is 0 Å². The van der Waals surface area contributed by atoms with Crippen LogP contribution in [-0.4, -0.2) is 47.6 Å². The normalized spacial score (nSPS) is 27.1. The van der Waals surface area contributed by atoms with E-state index in [1.165, 1.54) is 16.1 Å². The number of hydrogen-bond donors (Lipinski definition) is 1. The highest BCUT2D eigenvalue weighted by molar-refractivity contribution is 8.00. The molecule has 0 aromatic rings. The number of nitrogens with zero attached hydrogens (tertiary/aromatic N) is 1. The third-order valence-electron chi connectivity index (χ3n) is 3.42. The Labute approximate surface area is 113 Å². The average molecular weight is 292 g/mol. The first-order valence-corrected chi connectivity index (χ1v) is 9.01. The Morgan fingerprint density at radius 2 is 2.17 bits per heavy atom. The molecule has 2 atom stereocenters. The lowest BCUT2D eigenvalue weighted by Gasteiger charge is -2.23. The van der Waals surface area contributed by atoms with Gasteiger partial charge in [-0.15, -0.1) is 11.8 Å². The van der Waals surface area contributed by atoms with Gasteiger partial charge in [0.1, 0.15) is 6.04 Å². The van der Waals surface area contributed by atoms with Gasteiger partial charge in [0.2, 0.25) is 15.9 Å². The molecular formula is C11H20N2O3S2. The van der Waals surface area contributed by atoms with Gasteiger partial charge in [-0.2, -0.15) is 4.31 Å². The van der Waals surface area contributed by atoms with Crippen molar-refractivity contribution >= 4 is 27.7 Å². The zero-order valence-corrected chi connectivity index (χ0v) is 12.4. The molecule has 0 aromatic carbocycles. The average Bonchev–Trinajstić information content (AvgIpc) is 3.06. The quantitative estimate of drug-likeness (QED) is 0.813. The Hall–Kier alpha value is -0.270. The fourth-order valence-corrected chi connectivity index (χ4v) is 5.45. The molecule has 104 valence electrons. The van der Waals surface area contributed by atoms with Crippen LogP contribution in [0.1, 0.15) is 33.1 Å². The number of rotatable bonds is 5. The minimum Gasteiger partial charge on any atom is -0.352 e. The molecule has 1 saturated heterocycles. The maximum absolute atomic E-state index is 12.2. The van der Waals surface area contributed by atoms with E-state index in [0.29, 0.717) is 11.6 Å². The Kier molecular flexibility index (Phi) is 4.23. The zero-order valence-electron chi connectivity index (χ0n) is 10.8. The number of thioether (sulfide) groups is 1. The molecular weight excluding hydrogens is 272 g/mol. The van der Waals surface area contributed by atoms with Crippen molar-refractivity contribution in [2.45, 2.75) is 50.4 Å². The van der Waals surface area contributed by atoms with E-state index in [0.717, 1.165) is 19.3 Å². The lowest BCUT2D eigenvalue weighted by atomic mass is 10.2. The summed E-state index contributed by atoms with van der Waals surface area (Å²) in [4.78, 5) is 12.1. The van der Waals surface area contributed by atoms with Crippen LogP contribution >= 0.6 is 11.8 Å². The summed E-state index contributed by atoms with van der Waals surface area (Å²) in [7, 11) is -3.25. The Morgan fingerprint density at radius 1 is 1.50 bits per heavy atom. The summed E-state index contributed by atoms with van der Waals surface area (Å²) in [5, 5.41) is 2.63. The van der Waals surface area contributed by atoms with Crippen LogP contribution in [0.5, 0.6) is 0 Å². The standard InChI is InChI=1S/C11H20N2O3S2/c1-3-8(2)12-11(14)10-6-17-7-13(10)18(15,16)9-4-5-9/h8-10H,3-7H2,1-2H3,(H,12,14)/t8-,10+/m0/s1. The maximum atomic E-state index is 12.2. The summed E-state index contributed by atoms with van der Waals surface area (Å²) in [5.41, 5.74) is 0. The van der Waals surface area contributed by atoms with E-state index in [2.05, 4.69) is 5.32 Å². The second-order valence-corrected chi connectivity index (χ2v) is 8.13. The third kappa shape index (κ3) is 2.83. The van der Waals surface area contributed by atoms with Gasteiger partial charge in [-0.25, -0.2) is 8.42 Å². The maximum Gasteiger partial charge on any atom is 0.239 e. The van der Waals surface area contributed by atoms with Crippen molar-refractivity contribution in [1.82, 2.24) is 9.62 Å². The van der Waals surface area contributed by atoms with Crippen LogP contribution in [0, 0.1) is 0 Å². The van der Waals surface area contributed by atoms with Crippen LogP contribution in [0.25, 0.3) is 0 Å². The monoisotopic (exact) mass is 292 g/mol.